The maximum absolute atomic E-state index is 12.0. The summed E-state index contributed by atoms with van der Waals surface area (Å²) in [5.41, 5.74) is 1.09. The maximum Gasteiger partial charge on any atom is 0.284 e. The van der Waals surface area contributed by atoms with Crippen molar-refractivity contribution < 1.29 is 9.21 Å². The molecule has 1 aromatic heterocycles. The molecule has 19 heavy (non-hydrogen) atoms. The molecular formula is C13H13N3O2S. The molecule has 3 rings (SSSR count). The first-order valence-electron chi connectivity index (χ1n) is 6.13. The number of benzene rings is 1. The van der Waals surface area contributed by atoms with Crippen LogP contribution in [-0.2, 0) is 11.3 Å². The molecule has 6 heteroatoms. The van der Waals surface area contributed by atoms with Gasteiger partial charge in [-0.15, -0.1) is 5.10 Å². The highest BCUT2D eigenvalue weighted by molar-refractivity contribution is 7.71. The van der Waals surface area contributed by atoms with Gasteiger partial charge in [0.25, 0.3) is 4.84 Å². The molecule has 1 atom stereocenters. The van der Waals surface area contributed by atoms with Crippen LogP contribution in [0.25, 0.3) is 0 Å². The molecule has 98 valence electrons. The number of likely N-dealkylation sites (tertiary alicyclic amines) is 1. The number of H-pyrrole nitrogens is 1. The van der Waals surface area contributed by atoms with Crippen LogP contribution >= 0.6 is 12.2 Å². The fraction of sp³-hybridized carbons (Fsp3) is 0.308. The van der Waals surface area contributed by atoms with E-state index in [0.29, 0.717) is 18.9 Å². The van der Waals surface area contributed by atoms with E-state index in [1.807, 2.05) is 30.3 Å². The summed E-state index contributed by atoms with van der Waals surface area (Å²) in [7, 11) is 0. The normalized spacial score (nSPS) is 19.1. The molecular weight excluding hydrogens is 262 g/mol. The summed E-state index contributed by atoms with van der Waals surface area (Å²) in [6.07, 6.45) is 1.24. The molecule has 0 bridgehead atoms. The summed E-state index contributed by atoms with van der Waals surface area (Å²) in [5, 5.41) is 6.64. The zero-order valence-corrected chi connectivity index (χ0v) is 11.0. The zero-order chi connectivity index (χ0) is 13.2. The third-order valence-electron chi connectivity index (χ3n) is 3.26. The van der Waals surface area contributed by atoms with Crippen molar-refractivity contribution in [3.63, 3.8) is 0 Å². The first-order chi connectivity index (χ1) is 9.24. The van der Waals surface area contributed by atoms with Gasteiger partial charge in [-0.05, 0) is 24.2 Å². The predicted molar refractivity (Wildman–Crippen MR) is 70.7 cm³/mol. The molecule has 5 nitrogen and oxygen atoms in total. The Labute approximate surface area is 115 Å². The quantitative estimate of drug-likeness (QED) is 0.875. The van der Waals surface area contributed by atoms with Crippen LogP contribution < -0.4 is 0 Å². The molecule has 1 aromatic carbocycles. The van der Waals surface area contributed by atoms with Crippen LogP contribution in [0.2, 0.25) is 0 Å². The van der Waals surface area contributed by atoms with Crippen molar-refractivity contribution in [3.8, 4) is 0 Å². The van der Waals surface area contributed by atoms with Crippen LogP contribution in [0.4, 0.5) is 0 Å². The third-order valence-corrected chi connectivity index (χ3v) is 3.44. The topological polar surface area (TPSA) is 62.1 Å². The molecule has 0 saturated carbocycles. The maximum atomic E-state index is 12.0. The number of amides is 1. The number of hydrogen-bond acceptors (Lipinski definition) is 4. The van der Waals surface area contributed by atoms with Gasteiger partial charge in [-0.25, -0.2) is 5.10 Å². The molecule has 1 fully saturated rings. The van der Waals surface area contributed by atoms with Crippen molar-refractivity contribution in [1.29, 1.82) is 0 Å². The van der Waals surface area contributed by atoms with E-state index in [1.165, 1.54) is 0 Å². The Morgan fingerprint density at radius 3 is 2.89 bits per heavy atom. The van der Waals surface area contributed by atoms with Gasteiger partial charge in [0.1, 0.15) is 6.04 Å². The van der Waals surface area contributed by atoms with Crippen molar-refractivity contribution in [1.82, 2.24) is 15.1 Å². The van der Waals surface area contributed by atoms with Crippen LogP contribution in [0.15, 0.2) is 34.7 Å². The number of nitrogens with one attached hydrogen (secondary N) is 1. The second kappa shape index (κ2) is 4.97. The smallest absolute Gasteiger partial charge is 0.284 e. The molecule has 2 aromatic rings. The summed E-state index contributed by atoms with van der Waals surface area (Å²) in [5.74, 6) is 0.616. The number of carbonyl (C=O) groups is 1. The van der Waals surface area contributed by atoms with E-state index < -0.39 is 0 Å². The van der Waals surface area contributed by atoms with Crippen LogP contribution in [-0.4, -0.2) is 21.0 Å². The van der Waals surface area contributed by atoms with E-state index >= 15 is 0 Å². The van der Waals surface area contributed by atoms with Gasteiger partial charge in [-0.2, -0.15) is 0 Å². The molecule has 0 radical (unpaired) electrons. The molecule has 1 saturated heterocycles. The number of aromatic amines is 1. The molecule has 0 spiro atoms. The first kappa shape index (κ1) is 12.1. The van der Waals surface area contributed by atoms with E-state index in [-0.39, 0.29) is 16.8 Å². The number of nitrogens with zero attached hydrogens (tertiary/aromatic N) is 2. The SMILES string of the molecule is O=C1CCC(c2n[nH]c(=S)o2)N1Cc1ccccc1. The van der Waals surface area contributed by atoms with Crippen LogP contribution in [0.5, 0.6) is 0 Å². The average Bonchev–Trinajstić information content (AvgIpc) is 2.99. The predicted octanol–water partition coefficient (Wildman–Crippen LogP) is 2.60. The van der Waals surface area contributed by atoms with E-state index in [4.69, 9.17) is 16.6 Å². The second-order valence-electron chi connectivity index (χ2n) is 4.51. The summed E-state index contributed by atoms with van der Waals surface area (Å²) in [6, 6.07) is 9.77. The van der Waals surface area contributed by atoms with Crippen molar-refractivity contribution >= 4 is 18.1 Å². The highest BCUT2D eigenvalue weighted by Gasteiger charge is 2.35. The number of carbonyl (C=O) groups excluding carboxylic acids is 1. The molecule has 1 N–H and O–H groups in total. The summed E-state index contributed by atoms with van der Waals surface area (Å²) in [6.45, 7) is 0.569. The summed E-state index contributed by atoms with van der Waals surface area (Å²) >= 11 is 4.88. The molecule has 1 aliphatic heterocycles. The third kappa shape index (κ3) is 2.44. The molecule has 2 heterocycles. The van der Waals surface area contributed by atoms with Crippen LogP contribution in [0, 0.1) is 4.84 Å². The van der Waals surface area contributed by atoms with Crippen molar-refractivity contribution in [2.24, 2.45) is 0 Å². The summed E-state index contributed by atoms with van der Waals surface area (Å²) < 4.78 is 5.34. The van der Waals surface area contributed by atoms with E-state index in [0.717, 1.165) is 12.0 Å². The Kier molecular flexibility index (Phi) is 3.16. The second-order valence-corrected chi connectivity index (χ2v) is 4.88. The van der Waals surface area contributed by atoms with E-state index in [1.54, 1.807) is 4.90 Å². The van der Waals surface area contributed by atoms with Crippen molar-refractivity contribution in [3.05, 3.63) is 46.6 Å². The van der Waals surface area contributed by atoms with Gasteiger partial charge in [0, 0.05) is 13.0 Å². The monoisotopic (exact) mass is 275 g/mol. The lowest BCUT2D eigenvalue weighted by molar-refractivity contribution is -0.129. The first-order valence-corrected chi connectivity index (χ1v) is 6.53. The number of aromatic nitrogens is 2. The lowest BCUT2D eigenvalue weighted by Crippen LogP contribution is -2.27. The lowest BCUT2D eigenvalue weighted by Gasteiger charge is -2.22. The van der Waals surface area contributed by atoms with Gasteiger partial charge < -0.3 is 9.32 Å². The van der Waals surface area contributed by atoms with Crippen LogP contribution in [0.1, 0.15) is 30.3 Å². The fourth-order valence-corrected chi connectivity index (χ4v) is 2.48. The van der Waals surface area contributed by atoms with Crippen molar-refractivity contribution in [2.75, 3.05) is 0 Å². The van der Waals surface area contributed by atoms with E-state index in [9.17, 15) is 4.79 Å². The standard InChI is InChI=1S/C13H13N3O2S/c17-11-7-6-10(12-14-15-13(19)18-12)16(11)8-9-4-2-1-3-5-9/h1-5,10H,6-8H2,(H,15,19). The van der Waals surface area contributed by atoms with Gasteiger partial charge in [-0.3, -0.25) is 4.79 Å². The average molecular weight is 275 g/mol. The minimum absolute atomic E-state index is 0.123. The van der Waals surface area contributed by atoms with Gasteiger partial charge in [0.15, 0.2) is 0 Å². The minimum atomic E-state index is -0.124. The van der Waals surface area contributed by atoms with Gasteiger partial charge >= 0.3 is 0 Å². The highest BCUT2D eigenvalue weighted by Crippen LogP contribution is 2.32. The Balaban J connectivity index is 1.85. The Morgan fingerprint density at radius 1 is 1.42 bits per heavy atom. The largest absolute Gasteiger partial charge is 0.412 e. The molecule has 0 aliphatic carbocycles. The van der Waals surface area contributed by atoms with Crippen molar-refractivity contribution in [2.45, 2.75) is 25.4 Å². The minimum Gasteiger partial charge on any atom is -0.412 e. The zero-order valence-electron chi connectivity index (χ0n) is 10.2. The van der Waals surface area contributed by atoms with Gasteiger partial charge in [-0.1, -0.05) is 30.3 Å². The van der Waals surface area contributed by atoms with E-state index in [2.05, 4.69) is 10.2 Å². The fourth-order valence-electron chi connectivity index (χ4n) is 2.35. The number of hydrogen-bond donors (Lipinski definition) is 1. The molecule has 1 amide bonds. The Hall–Kier alpha value is -1.95. The van der Waals surface area contributed by atoms with Gasteiger partial charge in [0.05, 0.1) is 0 Å². The Bertz CT molecular complexity index is 635. The van der Waals surface area contributed by atoms with Crippen LogP contribution in [0.3, 0.4) is 0 Å². The highest BCUT2D eigenvalue weighted by atomic mass is 32.1. The Morgan fingerprint density at radius 2 is 2.21 bits per heavy atom. The molecule has 1 aliphatic rings. The summed E-state index contributed by atoms with van der Waals surface area (Å²) in [4.78, 5) is 14.0. The lowest BCUT2D eigenvalue weighted by atomic mass is 10.2. The number of rotatable bonds is 3. The van der Waals surface area contributed by atoms with Gasteiger partial charge in [0.2, 0.25) is 11.8 Å². The molecule has 1 unspecified atom stereocenters.